The normalized spacial score (nSPS) is 10.1. The summed E-state index contributed by atoms with van der Waals surface area (Å²) in [6.45, 7) is 3.43. The van der Waals surface area contributed by atoms with Crippen LogP contribution in [-0.2, 0) is 9.63 Å². The van der Waals surface area contributed by atoms with Crippen LogP contribution in [0.15, 0.2) is 0 Å². The van der Waals surface area contributed by atoms with Crippen LogP contribution in [0.1, 0.15) is 13.8 Å². The molecule has 0 aromatic carbocycles. The second-order valence-corrected chi connectivity index (χ2v) is 1.95. The molecule has 0 aliphatic heterocycles. The van der Waals surface area contributed by atoms with Crippen molar-refractivity contribution < 1.29 is 14.7 Å². The summed E-state index contributed by atoms with van der Waals surface area (Å²) in [5.74, 6) is -0.969. The van der Waals surface area contributed by atoms with E-state index in [0.29, 0.717) is 0 Å². The van der Waals surface area contributed by atoms with Crippen LogP contribution >= 0.6 is 0 Å². The van der Waals surface area contributed by atoms with Gasteiger partial charge in [-0.3, -0.25) is 4.84 Å². The van der Waals surface area contributed by atoms with E-state index in [9.17, 15) is 4.79 Å². The van der Waals surface area contributed by atoms with E-state index in [-0.39, 0.29) is 12.6 Å². The number of hydrogen-bond acceptors (Lipinski definition) is 3. The Morgan fingerprint density at radius 3 is 2.67 bits per heavy atom. The number of carboxylic acid groups (broad SMARTS) is 1. The van der Waals surface area contributed by atoms with Crippen LogP contribution in [-0.4, -0.2) is 23.7 Å². The first-order chi connectivity index (χ1) is 4.13. The maximum Gasteiger partial charge on any atom is 0.331 e. The standard InChI is InChI=1S/C5H11NO3/c1-4(2)6-9-3-5(7)8/h4,6H,3H2,1-2H3,(H,7,8). The van der Waals surface area contributed by atoms with Crippen LogP contribution in [0.4, 0.5) is 0 Å². The molecule has 0 aliphatic carbocycles. The summed E-state index contributed by atoms with van der Waals surface area (Å²) >= 11 is 0. The Labute approximate surface area is 53.8 Å². The smallest absolute Gasteiger partial charge is 0.331 e. The minimum absolute atomic E-state index is 0.157. The maximum absolute atomic E-state index is 9.82. The molecule has 0 bridgehead atoms. The molecule has 4 heteroatoms. The molecule has 0 radical (unpaired) electrons. The maximum atomic E-state index is 9.82. The minimum Gasteiger partial charge on any atom is -0.479 e. The summed E-state index contributed by atoms with van der Waals surface area (Å²) < 4.78 is 0. The molecule has 0 saturated carbocycles. The first-order valence-corrected chi connectivity index (χ1v) is 2.72. The highest BCUT2D eigenvalue weighted by atomic mass is 16.7. The molecule has 0 aromatic heterocycles. The molecule has 2 N–H and O–H groups in total. The quantitative estimate of drug-likeness (QED) is 0.530. The fraction of sp³-hybridized carbons (Fsp3) is 0.800. The van der Waals surface area contributed by atoms with Gasteiger partial charge in [0.05, 0.1) is 0 Å². The largest absolute Gasteiger partial charge is 0.479 e. The predicted octanol–water partition coefficient (Wildman–Crippen LogP) is 0.000600. The highest BCUT2D eigenvalue weighted by molar-refractivity contribution is 5.67. The van der Waals surface area contributed by atoms with Gasteiger partial charge in [-0.05, 0) is 13.8 Å². The van der Waals surface area contributed by atoms with Gasteiger partial charge in [0.2, 0.25) is 0 Å². The fourth-order valence-corrected chi connectivity index (χ4v) is 0.270. The molecule has 0 rings (SSSR count). The molecule has 0 aromatic rings. The van der Waals surface area contributed by atoms with E-state index in [0.717, 1.165) is 0 Å². The Bertz CT molecular complexity index is 92.2. The van der Waals surface area contributed by atoms with E-state index in [1.165, 1.54) is 0 Å². The van der Waals surface area contributed by atoms with Crippen molar-refractivity contribution in [1.82, 2.24) is 5.48 Å². The van der Waals surface area contributed by atoms with Gasteiger partial charge >= 0.3 is 5.97 Å². The summed E-state index contributed by atoms with van der Waals surface area (Å²) in [7, 11) is 0. The number of hydroxylamine groups is 1. The summed E-state index contributed by atoms with van der Waals surface area (Å²) in [4.78, 5) is 14.3. The van der Waals surface area contributed by atoms with Gasteiger partial charge in [-0.15, -0.1) is 0 Å². The lowest BCUT2D eigenvalue weighted by atomic mass is 10.4. The van der Waals surface area contributed by atoms with Crippen LogP contribution in [0.25, 0.3) is 0 Å². The van der Waals surface area contributed by atoms with Crippen molar-refractivity contribution in [2.24, 2.45) is 0 Å². The molecule has 0 atom stereocenters. The molecular formula is C5H11NO3. The highest BCUT2D eigenvalue weighted by Gasteiger charge is 1.96. The van der Waals surface area contributed by atoms with Crippen molar-refractivity contribution in [2.75, 3.05) is 6.61 Å². The Morgan fingerprint density at radius 2 is 2.33 bits per heavy atom. The molecule has 9 heavy (non-hydrogen) atoms. The summed E-state index contributed by atoms with van der Waals surface area (Å²) in [5.41, 5.74) is 2.50. The molecule has 0 spiro atoms. The van der Waals surface area contributed by atoms with Gasteiger partial charge in [-0.25, -0.2) is 4.79 Å². The fourth-order valence-electron chi connectivity index (χ4n) is 0.270. The number of hydrogen-bond donors (Lipinski definition) is 2. The molecule has 0 aliphatic rings. The third-order valence-electron chi connectivity index (χ3n) is 0.515. The van der Waals surface area contributed by atoms with Crippen LogP contribution < -0.4 is 5.48 Å². The zero-order valence-corrected chi connectivity index (χ0v) is 5.55. The van der Waals surface area contributed by atoms with E-state index in [4.69, 9.17) is 5.11 Å². The average Bonchev–Trinajstić information content (AvgIpc) is 1.63. The Kier molecular flexibility index (Phi) is 4.00. The van der Waals surface area contributed by atoms with Crippen molar-refractivity contribution in [3.63, 3.8) is 0 Å². The first-order valence-electron chi connectivity index (χ1n) is 2.72. The van der Waals surface area contributed by atoms with Crippen molar-refractivity contribution in [2.45, 2.75) is 19.9 Å². The van der Waals surface area contributed by atoms with Gasteiger partial charge in [0.15, 0.2) is 6.61 Å². The number of rotatable bonds is 4. The molecule has 54 valence electrons. The predicted molar refractivity (Wildman–Crippen MR) is 31.9 cm³/mol. The first kappa shape index (κ1) is 8.39. The summed E-state index contributed by atoms with van der Waals surface area (Å²) in [5, 5.41) is 8.06. The van der Waals surface area contributed by atoms with Crippen molar-refractivity contribution in [3.05, 3.63) is 0 Å². The lowest BCUT2D eigenvalue weighted by Crippen LogP contribution is -2.25. The second-order valence-electron chi connectivity index (χ2n) is 1.95. The molecule has 0 saturated heterocycles. The lowest BCUT2D eigenvalue weighted by Gasteiger charge is -2.04. The van der Waals surface area contributed by atoms with Gasteiger partial charge in [0.1, 0.15) is 0 Å². The van der Waals surface area contributed by atoms with Crippen molar-refractivity contribution in [3.8, 4) is 0 Å². The SMILES string of the molecule is CC(C)NOCC(=O)O. The number of carboxylic acids is 1. The van der Waals surface area contributed by atoms with Gasteiger partial charge in [-0.2, -0.15) is 5.48 Å². The van der Waals surface area contributed by atoms with E-state index in [1.54, 1.807) is 0 Å². The van der Waals surface area contributed by atoms with Crippen LogP contribution in [0.5, 0.6) is 0 Å². The summed E-state index contributed by atoms with van der Waals surface area (Å²) in [6.07, 6.45) is 0. The molecule has 0 fully saturated rings. The zero-order chi connectivity index (χ0) is 7.28. The minimum atomic E-state index is -0.969. The zero-order valence-electron chi connectivity index (χ0n) is 5.55. The van der Waals surface area contributed by atoms with Crippen molar-refractivity contribution >= 4 is 5.97 Å². The number of carbonyl (C=O) groups is 1. The van der Waals surface area contributed by atoms with Gasteiger partial charge in [-0.1, -0.05) is 0 Å². The van der Waals surface area contributed by atoms with Crippen molar-refractivity contribution in [1.29, 1.82) is 0 Å². The summed E-state index contributed by atoms with van der Waals surface area (Å²) in [6, 6.07) is 0.157. The average molecular weight is 133 g/mol. The third kappa shape index (κ3) is 7.39. The highest BCUT2D eigenvalue weighted by Crippen LogP contribution is 1.75. The monoisotopic (exact) mass is 133 g/mol. The Balaban J connectivity index is 3.01. The van der Waals surface area contributed by atoms with Crippen LogP contribution in [0.2, 0.25) is 0 Å². The molecule has 0 unspecified atom stereocenters. The van der Waals surface area contributed by atoms with Crippen LogP contribution in [0.3, 0.4) is 0 Å². The number of aliphatic carboxylic acids is 1. The van der Waals surface area contributed by atoms with E-state index < -0.39 is 5.97 Å². The van der Waals surface area contributed by atoms with Gasteiger partial charge in [0.25, 0.3) is 0 Å². The topological polar surface area (TPSA) is 58.6 Å². The molecule has 0 amide bonds. The van der Waals surface area contributed by atoms with Crippen LogP contribution in [0, 0.1) is 0 Å². The molecular weight excluding hydrogens is 122 g/mol. The lowest BCUT2D eigenvalue weighted by molar-refractivity contribution is -0.145. The van der Waals surface area contributed by atoms with Gasteiger partial charge < -0.3 is 5.11 Å². The second kappa shape index (κ2) is 4.29. The van der Waals surface area contributed by atoms with E-state index >= 15 is 0 Å². The third-order valence-corrected chi connectivity index (χ3v) is 0.515. The molecule has 0 heterocycles. The van der Waals surface area contributed by atoms with E-state index in [1.807, 2.05) is 13.8 Å². The molecule has 4 nitrogen and oxygen atoms in total. The number of nitrogens with one attached hydrogen (secondary N) is 1. The Morgan fingerprint density at radius 1 is 1.78 bits per heavy atom. The van der Waals surface area contributed by atoms with Gasteiger partial charge in [0, 0.05) is 6.04 Å². The van der Waals surface area contributed by atoms with E-state index in [2.05, 4.69) is 10.3 Å². The Hall–Kier alpha value is -0.610.